The number of benzene rings is 2. The third-order valence-electron chi connectivity index (χ3n) is 3.85. The molecule has 0 fully saturated rings. The van der Waals surface area contributed by atoms with Crippen LogP contribution in [0.15, 0.2) is 48.5 Å². The summed E-state index contributed by atoms with van der Waals surface area (Å²) in [7, 11) is 1.20. The molecule has 5 nitrogen and oxygen atoms in total. The van der Waals surface area contributed by atoms with E-state index in [0.717, 1.165) is 12.1 Å². The zero-order valence-electron chi connectivity index (χ0n) is 14.8. The number of anilines is 1. The Morgan fingerprint density at radius 3 is 2.39 bits per heavy atom. The molecule has 0 saturated carbocycles. The van der Waals surface area contributed by atoms with E-state index in [9.17, 15) is 27.2 Å². The van der Waals surface area contributed by atoms with Crippen molar-refractivity contribution in [3.05, 3.63) is 65.5 Å². The van der Waals surface area contributed by atoms with E-state index < -0.39 is 35.5 Å². The first-order valence-electron chi connectivity index (χ1n) is 8.22. The van der Waals surface area contributed by atoms with Crippen molar-refractivity contribution in [1.29, 1.82) is 0 Å². The Hall–Kier alpha value is -3.10. The molecular weight excluding hydrogens is 380 g/mol. The van der Waals surface area contributed by atoms with Gasteiger partial charge in [-0.15, -0.1) is 0 Å². The molecular formula is C19H18F4N2O3. The van der Waals surface area contributed by atoms with Crippen LogP contribution in [0, 0.1) is 5.82 Å². The lowest BCUT2D eigenvalue weighted by Gasteiger charge is -2.19. The summed E-state index contributed by atoms with van der Waals surface area (Å²) in [5.74, 6) is -1.62. The van der Waals surface area contributed by atoms with Gasteiger partial charge in [-0.25, -0.2) is 4.39 Å². The van der Waals surface area contributed by atoms with Gasteiger partial charge in [-0.2, -0.15) is 13.2 Å². The van der Waals surface area contributed by atoms with E-state index in [0.29, 0.717) is 5.56 Å². The smallest absolute Gasteiger partial charge is 0.416 e. The fraction of sp³-hybridized carbons (Fsp3) is 0.263. The molecule has 2 aromatic rings. The Morgan fingerprint density at radius 1 is 1.11 bits per heavy atom. The third kappa shape index (κ3) is 6.26. The van der Waals surface area contributed by atoms with Gasteiger partial charge in [-0.3, -0.25) is 9.59 Å². The summed E-state index contributed by atoms with van der Waals surface area (Å²) in [6.07, 6.45) is -4.68. The van der Waals surface area contributed by atoms with Crippen LogP contribution < -0.4 is 10.6 Å². The minimum atomic E-state index is -4.49. The van der Waals surface area contributed by atoms with Gasteiger partial charge in [0.25, 0.3) is 0 Å². The molecule has 1 unspecified atom stereocenters. The highest BCUT2D eigenvalue weighted by Gasteiger charge is 2.30. The zero-order valence-corrected chi connectivity index (χ0v) is 14.8. The van der Waals surface area contributed by atoms with E-state index in [2.05, 4.69) is 15.4 Å². The summed E-state index contributed by atoms with van der Waals surface area (Å²) in [5, 5.41) is 5.19. The molecule has 1 atom stereocenters. The average Bonchev–Trinajstić information content (AvgIpc) is 2.66. The van der Waals surface area contributed by atoms with Crippen LogP contribution in [0.1, 0.15) is 23.6 Å². The van der Waals surface area contributed by atoms with E-state index in [1.807, 2.05) is 0 Å². The molecule has 1 amide bonds. The van der Waals surface area contributed by atoms with Crippen LogP contribution in [-0.4, -0.2) is 25.5 Å². The van der Waals surface area contributed by atoms with E-state index >= 15 is 0 Å². The monoisotopic (exact) mass is 398 g/mol. The van der Waals surface area contributed by atoms with Gasteiger partial charge < -0.3 is 15.4 Å². The minimum Gasteiger partial charge on any atom is -0.469 e. The molecule has 0 saturated heterocycles. The number of halogens is 4. The number of alkyl halides is 3. The fourth-order valence-electron chi connectivity index (χ4n) is 2.43. The SMILES string of the molecule is COC(=O)CC(NC(=O)CNc1cccc(C(F)(F)F)c1)c1ccc(F)cc1. The van der Waals surface area contributed by atoms with E-state index in [1.54, 1.807) is 0 Å². The molecule has 0 aliphatic carbocycles. The van der Waals surface area contributed by atoms with Gasteiger partial charge in [0, 0.05) is 5.69 Å². The van der Waals surface area contributed by atoms with Crippen LogP contribution >= 0.6 is 0 Å². The fourth-order valence-corrected chi connectivity index (χ4v) is 2.43. The van der Waals surface area contributed by atoms with Crippen LogP contribution in [0.4, 0.5) is 23.2 Å². The molecule has 150 valence electrons. The average molecular weight is 398 g/mol. The van der Waals surface area contributed by atoms with Crippen molar-refractivity contribution in [2.24, 2.45) is 0 Å². The number of methoxy groups -OCH3 is 1. The summed E-state index contributed by atoms with van der Waals surface area (Å²) < 4.78 is 55.9. The van der Waals surface area contributed by atoms with Crippen molar-refractivity contribution in [3.63, 3.8) is 0 Å². The molecule has 0 spiro atoms. The summed E-state index contributed by atoms with van der Waals surface area (Å²) in [5.41, 5.74) is -0.233. The zero-order chi connectivity index (χ0) is 20.7. The standard InChI is InChI=1S/C19H18F4N2O3/c1-28-18(27)10-16(12-5-7-14(20)8-6-12)25-17(26)11-24-15-4-2-3-13(9-15)19(21,22)23/h2-9,16,24H,10-11H2,1H3,(H,25,26). The van der Waals surface area contributed by atoms with Gasteiger partial charge in [0.2, 0.25) is 5.91 Å². The Balaban J connectivity index is 2.03. The topological polar surface area (TPSA) is 67.4 Å². The van der Waals surface area contributed by atoms with Gasteiger partial charge in [0.05, 0.1) is 31.7 Å². The van der Waals surface area contributed by atoms with Crippen LogP contribution in [0.5, 0.6) is 0 Å². The second kappa shape index (κ2) is 9.20. The molecule has 2 rings (SSSR count). The van der Waals surface area contributed by atoms with Crippen LogP contribution in [0.3, 0.4) is 0 Å². The molecule has 0 aliphatic heterocycles. The molecule has 9 heteroatoms. The highest BCUT2D eigenvalue weighted by Crippen LogP contribution is 2.30. The Labute approximate surface area is 158 Å². The number of amides is 1. The number of hydrogen-bond acceptors (Lipinski definition) is 4. The number of ether oxygens (including phenoxy) is 1. The number of carbonyl (C=O) groups excluding carboxylic acids is 2. The quantitative estimate of drug-likeness (QED) is 0.552. The van der Waals surface area contributed by atoms with Gasteiger partial charge in [-0.05, 0) is 35.9 Å². The lowest BCUT2D eigenvalue weighted by Crippen LogP contribution is -2.34. The van der Waals surface area contributed by atoms with E-state index in [-0.39, 0.29) is 18.7 Å². The second-order valence-corrected chi connectivity index (χ2v) is 5.88. The first-order valence-corrected chi connectivity index (χ1v) is 8.22. The maximum Gasteiger partial charge on any atom is 0.416 e. The summed E-state index contributed by atoms with van der Waals surface area (Å²) in [6.45, 7) is -0.319. The van der Waals surface area contributed by atoms with Crippen LogP contribution in [0.2, 0.25) is 0 Å². The molecule has 2 N–H and O–H groups in total. The van der Waals surface area contributed by atoms with Crippen molar-refractivity contribution in [2.45, 2.75) is 18.6 Å². The second-order valence-electron chi connectivity index (χ2n) is 5.88. The van der Waals surface area contributed by atoms with E-state index in [1.165, 1.54) is 43.5 Å². The number of hydrogen-bond donors (Lipinski definition) is 2. The lowest BCUT2D eigenvalue weighted by molar-refractivity contribution is -0.141. The molecule has 0 aliphatic rings. The van der Waals surface area contributed by atoms with Gasteiger partial charge in [0.15, 0.2) is 0 Å². The van der Waals surface area contributed by atoms with Crippen molar-refractivity contribution in [3.8, 4) is 0 Å². The van der Waals surface area contributed by atoms with Crippen molar-refractivity contribution in [2.75, 3.05) is 19.0 Å². The van der Waals surface area contributed by atoms with Crippen molar-refractivity contribution < 1.29 is 31.9 Å². The Bertz CT molecular complexity index is 823. The number of carbonyl (C=O) groups is 2. The first kappa shape index (κ1) is 21.2. The lowest BCUT2D eigenvalue weighted by atomic mass is 10.0. The highest BCUT2D eigenvalue weighted by atomic mass is 19.4. The van der Waals surface area contributed by atoms with Gasteiger partial charge in [-0.1, -0.05) is 18.2 Å². The van der Waals surface area contributed by atoms with Gasteiger partial charge in [0.1, 0.15) is 5.82 Å². The van der Waals surface area contributed by atoms with Gasteiger partial charge >= 0.3 is 12.1 Å². The molecule has 2 aromatic carbocycles. The molecule has 0 radical (unpaired) electrons. The number of nitrogens with one attached hydrogen (secondary N) is 2. The molecule has 28 heavy (non-hydrogen) atoms. The normalized spacial score (nSPS) is 12.2. The van der Waals surface area contributed by atoms with Crippen LogP contribution in [-0.2, 0) is 20.5 Å². The maximum absolute atomic E-state index is 13.1. The van der Waals surface area contributed by atoms with Crippen molar-refractivity contribution in [1.82, 2.24) is 5.32 Å². The largest absolute Gasteiger partial charge is 0.469 e. The predicted molar refractivity (Wildman–Crippen MR) is 93.9 cm³/mol. The highest BCUT2D eigenvalue weighted by molar-refractivity contribution is 5.82. The maximum atomic E-state index is 13.1. The Kier molecular flexibility index (Phi) is 6.97. The summed E-state index contributed by atoms with van der Waals surface area (Å²) in [6, 6.07) is 8.87. The molecule has 0 aromatic heterocycles. The third-order valence-corrected chi connectivity index (χ3v) is 3.85. The first-order chi connectivity index (χ1) is 13.2. The summed E-state index contributed by atoms with van der Waals surface area (Å²) in [4.78, 5) is 23.8. The predicted octanol–water partition coefficient (Wildman–Crippen LogP) is 3.68. The number of rotatable bonds is 7. The van der Waals surface area contributed by atoms with Crippen molar-refractivity contribution >= 4 is 17.6 Å². The minimum absolute atomic E-state index is 0.122. The molecule has 0 bridgehead atoms. The Morgan fingerprint density at radius 2 is 1.79 bits per heavy atom. The van der Waals surface area contributed by atoms with Crippen LogP contribution in [0.25, 0.3) is 0 Å². The van der Waals surface area contributed by atoms with E-state index in [4.69, 9.17) is 0 Å². The number of esters is 1. The molecule has 0 heterocycles. The summed E-state index contributed by atoms with van der Waals surface area (Å²) >= 11 is 0.